The number of amides is 1. The number of carbonyl (C=O) groups is 2. The molecule has 0 unspecified atom stereocenters. The lowest BCUT2D eigenvalue weighted by molar-refractivity contribution is -0.384. The highest BCUT2D eigenvalue weighted by Crippen LogP contribution is 2.27. The van der Waals surface area contributed by atoms with Gasteiger partial charge in [-0.15, -0.1) is 11.3 Å². The van der Waals surface area contributed by atoms with Gasteiger partial charge in [0.25, 0.3) is 11.6 Å². The third-order valence-electron chi connectivity index (χ3n) is 2.33. The molecule has 0 aliphatic heterocycles. The number of halogens is 1. The second kappa shape index (κ2) is 5.97. The van der Waals surface area contributed by atoms with Crippen LogP contribution in [0.15, 0.2) is 28.1 Å². The number of anilines is 1. The first kappa shape index (κ1) is 15.1. The molecule has 10 heteroatoms. The number of non-ortho nitro benzene ring substituents is 1. The van der Waals surface area contributed by atoms with Crippen LogP contribution < -0.4 is 5.32 Å². The fraction of sp³-hybridized carbons (Fsp3) is 0. The number of hydrogen-bond acceptors (Lipinski definition) is 6. The van der Waals surface area contributed by atoms with Gasteiger partial charge in [-0.25, -0.2) is 9.78 Å². The molecule has 0 saturated carbocycles. The van der Waals surface area contributed by atoms with Crippen molar-refractivity contribution < 1.29 is 19.6 Å². The van der Waals surface area contributed by atoms with Crippen LogP contribution in [0.2, 0.25) is 0 Å². The predicted octanol–water partition coefficient (Wildman–Crippen LogP) is 2.76. The van der Waals surface area contributed by atoms with E-state index in [2.05, 4.69) is 26.2 Å². The van der Waals surface area contributed by atoms with Crippen LogP contribution in [0.4, 0.5) is 11.4 Å². The monoisotopic (exact) mass is 371 g/mol. The van der Waals surface area contributed by atoms with Gasteiger partial charge in [-0.1, -0.05) is 0 Å². The summed E-state index contributed by atoms with van der Waals surface area (Å²) in [6, 6.07) is 3.86. The quantitative estimate of drug-likeness (QED) is 0.629. The van der Waals surface area contributed by atoms with Crippen molar-refractivity contribution in [2.24, 2.45) is 0 Å². The number of nitro groups is 1. The maximum Gasteiger partial charge on any atom is 0.355 e. The largest absolute Gasteiger partial charge is 0.476 e. The summed E-state index contributed by atoms with van der Waals surface area (Å²) in [7, 11) is 0. The molecule has 0 atom stereocenters. The van der Waals surface area contributed by atoms with Crippen molar-refractivity contribution >= 4 is 50.5 Å². The Labute approximate surface area is 129 Å². The first-order valence-electron chi connectivity index (χ1n) is 5.32. The Morgan fingerprint density at radius 1 is 1.43 bits per heavy atom. The van der Waals surface area contributed by atoms with E-state index >= 15 is 0 Å². The number of benzene rings is 1. The molecule has 0 fully saturated rings. The molecule has 21 heavy (non-hydrogen) atoms. The Morgan fingerprint density at radius 3 is 2.67 bits per heavy atom. The summed E-state index contributed by atoms with van der Waals surface area (Å²) in [6.45, 7) is 0. The summed E-state index contributed by atoms with van der Waals surface area (Å²) in [5.41, 5.74) is -0.0205. The molecular weight excluding hydrogens is 366 g/mol. The third-order valence-corrected chi connectivity index (χ3v) is 3.83. The van der Waals surface area contributed by atoms with Crippen molar-refractivity contribution in [3.8, 4) is 0 Å². The van der Waals surface area contributed by atoms with Crippen molar-refractivity contribution in [2.75, 3.05) is 5.32 Å². The average molecular weight is 372 g/mol. The number of aromatic carboxylic acids is 1. The van der Waals surface area contributed by atoms with E-state index < -0.39 is 16.8 Å². The van der Waals surface area contributed by atoms with Crippen LogP contribution >= 0.6 is 27.3 Å². The van der Waals surface area contributed by atoms with Gasteiger partial charge in [-0.05, 0) is 22.0 Å². The van der Waals surface area contributed by atoms with E-state index in [-0.39, 0.29) is 16.4 Å². The molecule has 8 nitrogen and oxygen atoms in total. The fourth-order valence-electron chi connectivity index (χ4n) is 1.37. The standard InChI is InChI=1S/C11H6BrN3O5S/c12-6-3-5(15(19)20)1-2-7(6)13-9(16)10-14-8(4-21-10)11(17)18/h1-4H,(H,13,16)(H,17,18). The molecule has 2 aromatic rings. The minimum Gasteiger partial charge on any atom is -0.476 e. The molecule has 1 heterocycles. The number of thiazole rings is 1. The lowest BCUT2D eigenvalue weighted by Crippen LogP contribution is -2.12. The number of carbonyl (C=O) groups excluding carboxylic acids is 1. The minimum absolute atomic E-state index is 0.0161. The Bertz CT molecular complexity index is 745. The highest BCUT2D eigenvalue weighted by molar-refractivity contribution is 9.10. The van der Waals surface area contributed by atoms with Crippen LogP contribution in [-0.2, 0) is 0 Å². The Kier molecular flexibility index (Phi) is 4.29. The van der Waals surface area contributed by atoms with Crippen LogP contribution in [0, 0.1) is 10.1 Å². The number of aromatic nitrogens is 1. The highest BCUT2D eigenvalue weighted by Gasteiger charge is 2.17. The summed E-state index contributed by atoms with van der Waals surface area (Å²) in [6.07, 6.45) is 0. The number of nitrogens with one attached hydrogen (secondary N) is 1. The molecule has 0 spiro atoms. The normalized spacial score (nSPS) is 10.1. The van der Waals surface area contributed by atoms with Crippen LogP contribution in [0.3, 0.4) is 0 Å². The van der Waals surface area contributed by atoms with Crippen molar-refractivity contribution in [1.82, 2.24) is 4.98 Å². The summed E-state index contributed by atoms with van der Waals surface area (Å²) in [5, 5.41) is 23.1. The average Bonchev–Trinajstić information content (AvgIpc) is 2.90. The van der Waals surface area contributed by atoms with Crippen molar-refractivity contribution in [1.29, 1.82) is 0 Å². The fourth-order valence-corrected chi connectivity index (χ4v) is 2.52. The van der Waals surface area contributed by atoms with Gasteiger partial charge in [0.1, 0.15) is 0 Å². The highest BCUT2D eigenvalue weighted by atomic mass is 79.9. The van der Waals surface area contributed by atoms with Gasteiger partial charge in [-0.3, -0.25) is 14.9 Å². The number of carboxylic acids is 1. The van der Waals surface area contributed by atoms with Crippen LogP contribution in [-0.4, -0.2) is 26.9 Å². The van der Waals surface area contributed by atoms with Gasteiger partial charge in [0.2, 0.25) is 0 Å². The summed E-state index contributed by atoms with van der Waals surface area (Å²) >= 11 is 4.01. The van der Waals surface area contributed by atoms with Gasteiger partial charge < -0.3 is 10.4 Å². The minimum atomic E-state index is -1.22. The summed E-state index contributed by atoms with van der Waals surface area (Å²) in [5.74, 6) is -1.82. The number of carboxylic acid groups (broad SMARTS) is 1. The molecule has 0 saturated heterocycles. The molecule has 1 aromatic heterocycles. The van der Waals surface area contributed by atoms with Crippen LogP contribution in [0.25, 0.3) is 0 Å². The molecule has 0 radical (unpaired) electrons. The lowest BCUT2D eigenvalue weighted by Gasteiger charge is -2.05. The van der Waals surface area contributed by atoms with Crippen LogP contribution in [0.5, 0.6) is 0 Å². The van der Waals surface area contributed by atoms with Gasteiger partial charge in [0, 0.05) is 22.0 Å². The number of rotatable bonds is 4. The van der Waals surface area contributed by atoms with Gasteiger partial charge >= 0.3 is 5.97 Å². The van der Waals surface area contributed by atoms with E-state index in [1.165, 1.54) is 23.6 Å². The van der Waals surface area contributed by atoms with E-state index in [0.29, 0.717) is 10.2 Å². The van der Waals surface area contributed by atoms with Crippen molar-refractivity contribution in [2.45, 2.75) is 0 Å². The van der Waals surface area contributed by atoms with E-state index in [1.807, 2.05) is 0 Å². The second-order valence-electron chi connectivity index (χ2n) is 3.72. The SMILES string of the molecule is O=C(O)c1csc(C(=O)Nc2ccc([N+](=O)[O-])cc2Br)n1. The maximum atomic E-state index is 11.9. The van der Waals surface area contributed by atoms with Crippen molar-refractivity contribution in [3.05, 3.63) is 48.9 Å². The summed E-state index contributed by atoms with van der Waals surface area (Å²) < 4.78 is 0.333. The Morgan fingerprint density at radius 2 is 2.14 bits per heavy atom. The number of nitro benzene ring substituents is 1. The summed E-state index contributed by atoms with van der Waals surface area (Å²) in [4.78, 5) is 36.3. The molecule has 2 N–H and O–H groups in total. The van der Waals surface area contributed by atoms with Crippen LogP contribution in [0.1, 0.15) is 20.3 Å². The lowest BCUT2D eigenvalue weighted by atomic mass is 10.3. The topological polar surface area (TPSA) is 122 Å². The van der Waals surface area contributed by atoms with Gasteiger partial charge in [-0.2, -0.15) is 0 Å². The Hall–Kier alpha value is -2.33. The first-order chi connectivity index (χ1) is 9.88. The zero-order valence-corrected chi connectivity index (χ0v) is 12.5. The van der Waals surface area contributed by atoms with Gasteiger partial charge in [0.05, 0.1) is 10.6 Å². The smallest absolute Gasteiger partial charge is 0.355 e. The second-order valence-corrected chi connectivity index (χ2v) is 5.43. The zero-order valence-electron chi connectivity index (χ0n) is 10.1. The van der Waals surface area contributed by atoms with E-state index in [4.69, 9.17) is 5.11 Å². The Balaban J connectivity index is 2.19. The molecule has 0 aliphatic carbocycles. The molecule has 0 bridgehead atoms. The molecule has 108 valence electrons. The van der Waals surface area contributed by atoms with Gasteiger partial charge in [0.15, 0.2) is 10.7 Å². The molecular formula is C11H6BrN3O5S. The molecule has 0 aliphatic rings. The molecule has 2 rings (SSSR count). The number of hydrogen-bond donors (Lipinski definition) is 2. The van der Waals surface area contributed by atoms with E-state index in [9.17, 15) is 19.7 Å². The first-order valence-corrected chi connectivity index (χ1v) is 7.00. The number of nitrogens with zero attached hydrogens (tertiary/aromatic N) is 2. The molecule has 1 aromatic carbocycles. The zero-order chi connectivity index (χ0) is 15.6. The molecule has 1 amide bonds. The maximum absolute atomic E-state index is 11.9. The third kappa shape index (κ3) is 3.41. The van der Waals surface area contributed by atoms with E-state index in [1.54, 1.807) is 0 Å². The predicted molar refractivity (Wildman–Crippen MR) is 77.8 cm³/mol. The van der Waals surface area contributed by atoms with Crippen molar-refractivity contribution in [3.63, 3.8) is 0 Å². The van der Waals surface area contributed by atoms with E-state index in [0.717, 1.165) is 11.3 Å².